The number of esters is 1. The molecule has 0 aliphatic carbocycles. The monoisotopic (exact) mass is 229 g/mol. The summed E-state index contributed by atoms with van der Waals surface area (Å²) in [5, 5.41) is 10.3. The van der Waals surface area contributed by atoms with E-state index >= 15 is 0 Å². The fourth-order valence-corrected chi connectivity index (χ4v) is 0.825. The number of hydrogen-bond acceptors (Lipinski definition) is 6. The summed E-state index contributed by atoms with van der Waals surface area (Å²) in [5.74, 6) is -1.37. The first-order chi connectivity index (χ1) is 7.38. The molecule has 2 N–H and O–H groups in total. The lowest BCUT2D eigenvalue weighted by molar-refractivity contribution is -0.426. The highest BCUT2D eigenvalue weighted by atomic mass is 16.6. The summed E-state index contributed by atoms with van der Waals surface area (Å²) in [6, 6.07) is -0.185. The van der Waals surface area contributed by atoms with Crippen LogP contribution in [0.1, 0.15) is 20.8 Å². The zero-order chi connectivity index (χ0) is 12.7. The molecule has 0 aromatic carbocycles. The third-order valence-corrected chi connectivity index (χ3v) is 1.38. The Labute approximate surface area is 93.1 Å². The van der Waals surface area contributed by atoms with Gasteiger partial charge in [0.1, 0.15) is 0 Å². The molecule has 16 heavy (non-hydrogen) atoms. The van der Waals surface area contributed by atoms with Gasteiger partial charge in [-0.25, -0.2) is 4.79 Å². The Bertz CT molecular complexity index is 334. The van der Waals surface area contributed by atoms with Gasteiger partial charge in [0.25, 0.3) is 0 Å². The minimum Gasteiger partial charge on any atom is -0.461 e. The molecule has 0 amide bonds. The molecular weight excluding hydrogens is 214 g/mol. The van der Waals surface area contributed by atoms with Gasteiger partial charge < -0.3 is 14.9 Å². The lowest BCUT2D eigenvalue weighted by Gasteiger charge is -2.03. The van der Waals surface area contributed by atoms with Crippen LogP contribution in [0.5, 0.6) is 0 Å². The van der Waals surface area contributed by atoms with Crippen molar-refractivity contribution in [3.05, 3.63) is 22.0 Å². The molecule has 0 unspecified atom stereocenters. The molecule has 0 saturated heterocycles. The summed E-state index contributed by atoms with van der Waals surface area (Å²) in [4.78, 5) is 24.8. The SMILES string of the molecule is CCOC(=O)C(C=C(N)[N+](=O)[O-])=NC(C)C. The Morgan fingerprint density at radius 2 is 2.19 bits per heavy atom. The molecule has 0 saturated carbocycles. The normalized spacial score (nSPS) is 12.8. The minimum atomic E-state index is -0.797. The predicted molar refractivity (Wildman–Crippen MR) is 58.5 cm³/mol. The molecule has 7 heteroatoms. The number of rotatable bonds is 5. The van der Waals surface area contributed by atoms with E-state index in [-0.39, 0.29) is 18.4 Å². The van der Waals surface area contributed by atoms with Crippen molar-refractivity contribution in [3.8, 4) is 0 Å². The molecular formula is C9H15N3O4. The van der Waals surface area contributed by atoms with Crippen molar-refractivity contribution < 1.29 is 14.5 Å². The zero-order valence-electron chi connectivity index (χ0n) is 9.47. The molecule has 0 atom stereocenters. The molecule has 0 aromatic rings. The molecule has 7 nitrogen and oxygen atoms in total. The summed E-state index contributed by atoms with van der Waals surface area (Å²) in [7, 11) is 0. The number of carbonyl (C=O) groups excluding carboxylic acids is 1. The third-order valence-electron chi connectivity index (χ3n) is 1.38. The number of hydrogen-bond donors (Lipinski definition) is 1. The van der Waals surface area contributed by atoms with E-state index in [0.29, 0.717) is 0 Å². The van der Waals surface area contributed by atoms with Crippen LogP contribution in [0, 0.1) is 10.1 Å². The Hall–Kier alpha value is -1.92. The quantitative estimate of drug-likeness (QED) is 0.319. The highest BCUT2D eigenvalue weighted by Gasteiger charge is 2.14. The third kappa shape index (κ3) is 5.08. The van der Waals surface area contributed by atoms with E-state index < -0.39 is 16.7 Å². The number of nitro groups is 1. The summed E-state index contributed by atoms with van der Waals surface area (Å²) in [6.07, 6.45) is 0.901. The van der Waals surface area contributed by atoms with E-state index in [4.69, 9.17) is 10.5 Å². The number of carbonyl (C=O) groups is 1. The van der Waals surface area contributed by atoms with Crippen molar-refractivity contribution in [1.82, 2.24) is 0 Å². The van der Waals surface area contributed by atoms with Crippen molar-refractivity contribution in [2.75, 3.05) is 6.61 Å². The molecule has 0 aliphatic heterocycles. The maximum atomic E-state index is 11.4. The topological polar surface area (TPSA) is 108 Å². The molecule has 0 fully saturated rings. The molecule has 0 aromatic heterocycles. The number of nitrogens with two attached hydrogens (primary N) is 1. The lowest BCUT2D eigenvalue weighted by atomic mass is 10.3. The second-order valence-corrected chi connectivity index (χ2v) is 3.15. The van der Waals surface area contributed by atoms with Crippen LogP contribution in [0.25, 0.3) is 0 Å². The Kier molecular flexibility index (Phi) is 5.76. The fourth-order valence-electron chi connectivity index (χ4n) is 0.825. The van der Waals surface area contributed by atoms with Crippen molar-refractivity contribution in [1.29, 1.82) is 0 Å². The van der Waals surface area contributed by atoms with E-state index in [9.17, 15) is 14.9 Å². The van der Waals surface area contributed by atoms with E-state index in [1.807, 2.05) is 0 Å². The summed E-state index contributed by atoms with van der Waals surface area (Å²) < 4.78 is 4.69. The van der Waals surface area contributed by atoms with Crippen LogP contribution < -0.4 is 5.73 Å². The maximum Gasteiger partial charge on any atom is 0.356 e. The summed E-state index contributed by atoms with van der Waals surface area (Å²) in [6.45, 7) is 5.26. The van der Waals surface area contributed by atoms with Gasteiger partial charge in [0.05, 0.1) is 12.7 Å². The minimum absolute atomic E-state index is 0.147. The lowest BCUT2D eigenvalue weighted by Crippen LogP contribution is -2.20. The van der Waals surface area contributed by atoms with E-state index in [1.165, 1.54) is 0 Å². The predicted octanol–water partition coefficient (Wildman–Crippen LogP) is 0.476. The molecule has 0 aliphatic rings. The molecule has 0 radical (unpaired) electrons. The Balaban J connectivity index is 5.04. The van der Waals surface area contributed by atoms with Gasteiger partial charge in [0.15, 0.2) is 5.71 Å². The largest absolute Gasteiger partial charge is 0.461 e. The highest BCUT2D eigenvalue weighted by Crippen LogP contribution is 1.97. The molecule has 0 rings (SSSR count). The first kappa shape index (κ1) is 14.1. The van der Waals surface area contributed by atoms with Crippen LogP contribution in [-0.4, -0.2) is 29.3 Å². The van der Waals surface area contributed by atoms with E-state index in [0.717, 1.165) is 6.08 Å². The van der Waals surface area contributed by atoms with Crippen LogP contribution in [0.2, 0.25) is 0 Å². The average molecular weight is 229 g/mol. The van der Waals surface area contributed by atoms with Crippen molar-refractivity contribution in [3.63, 3.8) is 0 Å². The second kappa shape index (κ2) is 6.54. The Morgan fingerprint density at radius 1 is 1.62 bits per heavy atom. The van der Waals surface area contributed by atoms with E-state index in [2.05, 4.69) is 4.99 Å². The summed E-state index contributed by atoms with van der Waals surface area (Å²) >= 11 is 0. The van der Waals surface area contributed by atoms with Crippen LogP contribution in [0.15, 0.2) is 16.9 Å². The van der Waals surface area contributed by atoms with Gasteiger partial charge in [0, 0.05) is 6.04 Å². The number of ether oxygens (including phenoxy) is 1. The van der Waals surface area contributed by atoms with Crippen molar-refractivity contribution in [2.45, 2.75) is 26.8 Å². The van der Waals surface area contributed by atoms with Crippen LogP contribution in [0.4, 0.5) is 0 Å². The molecule has 0 bridgehead atoms. The smallest absolute Gasteiger partial charge is 0.356 e. The first-order valence-corrected chi connectivity index (χ1v) is 4.75. The number of aliphatic imine (C=N–C) groups is 1. The van der Waals surface area contributed by atoms with Crippen LogP contribution in [0.3, 0.4) is 0 Å². The zero-order valence-corrected chi connectivity index (χ0v) is 9.47. The van der Waals surface area contributed by atoms with Gasteiger partial charge in [-0.3, -0.25) is 10.7 Å². The molecule has 90 valence electrons. The van der Waals surface area contributed by atoms with Crippen molar-refractivity contribution >= 4 is 11.7 Å². The standard InChI is InChI=1S/C9H15N3O4/c1-4-16-9(13)7(11-6(2)3)5-8(10)12(14)15/h5-6H,4,10H2,1-3H3. The highest BCUT2D eigenvalue weighted by molar-refractivity contribution is 6.41. The van der Waals surface area contributed by atoms with Gasteiger partial charge >= 0.3 is 11.8 Å². The van der Waals surface area contributed by atoms with E-state index in [1.54, 1.807) is 20.8 Å². The second-order valence-electron chi connectivity index (χ2n) is 3.15. The number of nitrogens with zero attached hydrogens (tertiary/aromatic N) is 2. The first-order valence-electron chi connectivity index (χ1n) is 4.75. The molecule has 0 heterocycles. The van der Waals surface area contributed by atoms with Crippen molar-refractivity contribution in [2.24, 2.45) is 10.7 Å². The maximum absolute atomic E-state index is 11.4. The van der Waals surface area contributed by atoms with Gasteiger partial charge in [-0.15, -0.1) is 0 Å². The molecule has 0 spiro atoms. The van der Waals surface area contributed by atoms with Gasteiger partial charge in [0.2, 0.25) is 0 Å². The Morgan fingerprint density at radius 3 is 2.56 bits per heavy atom. The fraction of sp³-hybridized carbons (Fsp3) is 0.556. The average Bonchev–Trinajstić information content (AvgIpc) is 2.16. The van der Waals surface area contributed by atoms with Gasteiger partial charge in [-0.2, -0.15) is 0 Å². The van der Waals surface area contributed by atoms with Crippen LogP contribution in [-0.2, 0) is 9.53 Å². The summed E-state index contributed by atoms with van der Waals surface area (Å²) in [5.41, 5.74) is 4.95. The van der Waals surface area contributed by atoms with Gasteiger partial charge in [-0.05, 0) is 25.7 Å². The van der Waals surface area contributed by atoms with Gasteiger partial charge in [-0.1, -0.05) is 0 Å². The van der Waals surface area contributed by atoms with Crippen LogP contribution >= 0.6 is 0 Å².